The largest absolute Gasteiger partial charge is 0.486 e. The number of allylic oxidation sites excluding steroid dienone is 8. The number of aromatic nitrogens is 2. The maximum Gasteiger partial charge on any atom is 0.147 e. The molecule has 1 aliphatic rings. The molecule has 1 heterocycles. The van der Waals surface area contributed by atoms with Crippen molar-refractivity contribution in [3.05, 3.63) is 77.8 Å². The number of aromatic amines is 1. The van der Waals surface area contributed by atoms with E-state index in [4.69, 9.17) is 27.9 Å². The Morgan fingerprint density at radius 3 is 2.79 bits per heavy atom. The van der Waals surface area contributed by atoms with E-state index in [9.17, 15) is 4.21 Å². The molecule has 2 aromatic rings. The van der Waals surface area contributed by atoms with E-state index in [1.165, 1.54) is 0 Å². The third-order valence-electron chi connectivity index (χ3n) is 4.42. The smallest absolute Gasteiger partial charge is 0.147 e. The van der Waals surface area contributed by atoms with E-state index in [0.29, 0.717) is 33.0 Å². The number of halogens is 2. The highest BCUT2D eigenvalue weighted by atomic mass is 35.5. The molecular weight excluding hydrogens is 427 g/mol. The maximum absolute atomic E-state index is 13.9. The lowest BCUT2D eigenvalue weighted by molar-refractivity contribution is 0.251. The number of hydrogen-bond acceptors (Lipinski definition) is 3. The van der Waals surface area contributed by atoms with Crippen LogP contribution >= 0.6 is 23.2 Å². The van der Waals surface area contributed by atoms with Gasteiger partial charge in [-0.1, -0.05) is 49.1 Å². The molecule has 29 heavy (non-hydrogen) atoms. The minimum Gasteiger partial charge on any atom is -0.486 e. The van der Waals surface area contributed by atoms with Gasteiger partial charge in [0, 0.05) is 19.8 Å². The van der Waals surface area contributed by atoms with Crippen LogP contribution in [0.3, 0.4) is 0 Å². The second kappa shape index (κ2) is 9.53. The Balaban J connectivity index is 2.13. The summed E-state index contributed by atoms with van der Waals surface area (Å²) in [6.45, 7) is 3.71. The predicted octanol–water partition coefficient (Wildman–Crippen LogP) is 5.38. The fourth-order valence-corrected chi connectivity index (χ4v) is 5.27. The quantitative estimate of drug-likeness (QED) is 0.335. The number of ether oxygens (including phenoxy) is 1. The summed E-state index contributed by atoms with van der Waals surface area (Å²) in [4.78, 5) is 0.634. The Labute approximate surface area is 181 Å². The zero-order valence-electron chi connectivity index (χ0n) is 15.8. The van der Waals surface area contributed by atoms with E-state index in [1.54, 1.807) is 24.3 Å². The number of fused-ring (bicyclic) bond motifs is 1. The summed E-state index contributed by atoms with van der Waals surface area (Å²) < 4.78 is 19.8. The number of hydrogen-bond donors (Lipinski definition) is 1. The molecular formula is C22H22Cl2N2O2S. The van der Waals surface area contributed by atoms with Gasteiger partial charge < -0.3 is 4.74 Å². The lowest BCUT2D eigenvalue weighted by atomic mass is 10.1. The van der Waals surface area contributed by atoms with Gasteiger partial charge in [-0.25, -0.2) is 0 Å². The predicted molar refractivity (Wildman–Crippen MR) is 125 cm³/mol. The molecule has 0 saturated heterocycles. The SMILES string of the molecule is C=C/C=C\C(=C1\C=CC=CC1)S(=C)(=O)c1[nH]nc2c(OC(CCl)CCl)cccc12. The van der Waals surface area contributed by atoms with Crippen molar-refractivity contribution < 1.29 is 8.95 Å². The van der Waals surface area contributed by atoms with Crippen LogP contribution in [0.1, 0.15) is 6.42 Å². The number of alkyl halides is 2. The molecule has 0 aliphatic heterocycles. The molecule has 0 spiro atoms. The van der Waals surface area contributed by atoms with Crippen molar-refractivity contribution >= 4 is 49.5 Å². The summed E-state index contributed by atoms with van der Waals surface area (Å²) >= 11 is 11.8. The first-order chi connectivity index (χ1) is 14.0. The van der Waals surface area contributed by atoms with Gasteiger partial charge in [0.1, 0.15) is 22.4 Å². The van der Waals surface area contributed by atoms with Crippen LogP contribution in [-0.4, -0.2) is 38.1 Å². The first-order valence-electron chi connectivity index (χ1n) is 9.01. The van der Waals surface area contributed by atoms with Crippen molar-refractivity contribution in [3.8, 4) is 5.75 Å². The van der Waals surface area contributed by atoms with Crippen LogP contribution in [0.15, 0.2) is 82.8 Å². The second-order valence-corrected chi connectivity index (χ2v) is 9.22. The van der Waals surface area contributed by atoms with Crippen LogP contribution in [0.4, 0.5) is 0 Å². The first kappa shape index (κ1) is 21.5. The van der Waals surface area contributed by atoms with Crippen LogP contribution in [0.5, 0.6) is 5.75 Å². The van der Waals surface area contributed by atoms with Gasteiger partial charge in [0.25, 0.3) is 0 Å². The molecule has 1 aromatic carbocycles. The number of nitrogens with zero attached hydrogens (tertiary/aromatic N) is 1. The zero-order valence-corrected chi connectivity index (χ0v) is 18.1. The Morgan fingerprint density at radius 1 is 1.34 bits per heavy atom. The van der Waals surface area contributed by atoms with Crippen LogP contribution in [0.2, 0.25) is 0 Å². The van der Waals surface area contributed by atoms with Crippen molar-refractivity contribution in [2.24, 2.45) is 0 Å². The normalized spacial score (nSPS) is 17.8. The monoisotopic (exact) mass is 448 g/mol. The average molecular weight is 449 g/mol. The molecule has 0 bridgehead atoms. The van der Waals surface area contributed by atoms with Crippen LogP contribution in [0, 0.1) is 0 Å². The zero-order chi connectivity index (χ0) is 20.9. The molecule has 1 aliphatic carbocycles. The van der Waals surface area contributed by atoms with E-state index in [-0.39, 0.29) is 17.9 Å². The van der Waals surface area contributed by atoms with Gasteiger partial charge in [-0.2, -0.15) is 5.10 Å². The second-order valence-electron chi connectivity index (χ2n) is 6.40. The molecule has 1 N–H and O–H groups in total. The van der Waals surface area contributed by atoms with Gasteiger partial charge in [0.2, 0.25) is 0 Å². The molecule has 152 valence electrons. The van der Waals surface area contributed by atoms with E-state index in [1.807, 2.05) is 36.4 Å². The summed E-state index contributed by atoms with van der Waals surface area (Å²) in [5.41, 5.74) is 1.50. The van der Waals surface area contributed by atoms with Crippen molar-refractivity contribution in [2.75, 3.05) is 11.8 Å². The Morgan fingerprint density at radius 2 is 2.14 bits per heavy atom. The molecule has 0 radical (unpaired) electrons. The van der Waals surface area contributed by atoms with Crippen molar-refractivity contribution in [3.63, 3.8) is 0 Å². The van der Waals surface area contributed by atoms with Crippen molar-refractivity contribution in [2.45, 2.75) is 17.6 Å². The highest BCUT2D eigenvalue weighted by Gasteiger charge is 2.22. The number of benzene rings is 1. The minimum absolute atomic E-state index is 0.256. The maximum atomic E-state index is 13.9. The van der Waals surface area contributed by atoms with Crippen LogP contribution < -0.4 is 4.74 Å². The number of H-pyrrole nitrogens is 1. The van der Waals surface area contributed by atoms with Crippen LogP contribution in [0.25, 0.3) is 10.9 Å². The van der Waals surface area contributed by atoms with Gasteiger partial charge in [0.15, 0.2) is 0 Å². The lowest BCUT2D eigenvalue weighted by Crippen LogP contribution is -2.20. The van der Waals surface area contributed by atoms with E-state index in [2.05, 4.69) is 22.6 Å². The molecule has 0 fully saturated rings. The third kappa shape index (κ3) is 4.53. The Bertz CT molecular complexity index is 1120. The summed E-state index contributed by atoms with van der Waals surface area (Å²) in [6.07, 6.45) is 13.4. The van der Waals surface area contributed by atoms with Gasteiger partial charge in [-0.05, 0) is 36.1 Å². The average Bonchev–Trinajstić information content (AvgIpc) is 3.19. The lowest BCUT2D eigenvalue weighted by Gasteiger charge is -2.15. The van der Waals surface area contributed by atoms with Crippen LogP contribution in [-0.2, 0) is 9.52 Å². The molecule has 0 amide bonds. The van der Waals surface area contributed by atoms with Gasteiger partial charge in [-0.3, -0.25) is 9.31 Å². The molecule has 1 atom stereocenters. The molecule has 1 unspecified atom stereocenters. The fraction of sp³-hybridized carbons (Fsp3) is 0.182. The molecule has 4 nitrogen and oxygen atoms in total. The standard InChI is InChI=1S/C22H22Cl2N2O2S/c1-3-4-13-20(16-9-6-5-7-10-16)29(2,27)22-18-11-8-12-19(21(18)25-26-22)28-17(14-23)15-24/h3-9,11-13,17H,1-2,10,14-15H2,(H,25,26)/b13-4-,20-16+. The summed E-state index contributed by atoms with van der Waals surface area (Å²) in [5, 5.41) is 8.43. The minimum atomic E-state index is -2.88. The van der Waals surface area contributed by atoms with E-state index < -0.39 is 9.52 Å². The third-order valence-corrected chi connectivity index (χ3v) is 7.19. The molecule has 0 saturated carbocycles. The first-order valence-corrected chi connectivity index (χ1v) is 11.8. The topological polar surface area (TPSA) is 55.0 Å². The number of para-hydroxylation sites is 1. The number of nitrogens with one attached hydrogen (secondary N) is 1. The van der Waals surface area contributed by atoms with Gasteiger partial charge in [-0.15, -0.1) is 23.2 Å². The fourth-order valence-electron chi connectivity index (χ4n) is 3.01. The summed E-state index contributed by atoms with van der Waals surface area (Å²) in [6, 6.07) is 5.45. The Kier molecular flexibility index (Phi) is 7.06. The van der Waals surface area contributed by atoms with Crippen molar-refractivity contribution in [1.29, 1.82) is 0 Å². The van der Waals surface area contributed by atoms with Gasteiger partial charge in [0.05, 0.1) is 11.8 Å². The van der Waals surface area contributed by atoms with Crippen molar-refractivity contribution in [1.82, 2.24) is 10.2 Å². The molecule has 3 rings (SSSR count). The summed E-state index contributed by atoms with van der Waals surface area (Å²) in [5.74, 6) is 5.13. The van der Waals surface area contributed by atoms with E-state index >= 15 is 0 Å². The van der Waals surface area contributed by atoms with Gasteiger partial charge >= 0.3 is 0 Å². The highest BCUT2D eigenvalue weighted by Crippen LogP contribution is 2.33. The highest BCUT2D eigenvalue weighted by molar-refractivity contribution is 8.04. The Hall–Kier alpha value is -2.21. The number of rotatable bonds is 8. The summed E-state index contributed by atoms with van der Waals surface area (Å²) in [7, 11) is -2.88. The molecule has 7 heteroatoms. The van der Waals surface area contributed by atoms with E-state index in [0.717, 1.165) is 5.57 Å². The molecule has 1 aromatic heterocycles.